The number of nitrogens with one attached hydrogen (secondary N) is 1. The Morgan fingerprint density at radius 2 is 1.68 bits per heavy atom. The third-order valence-corrected chi connectivity index (χ3v) is 4.68. The fourth-order valence-corrected chi connectivity index (χ4v) is 3.22. The van der Waals surface area contributed by atoms with E-state index in [-0.39, 0.29) is 5.82 Å². The molecule has 3 aromatic rings. The monoisotopic (exact) mass is 379 g/mol. The highest BCUT2D eigenvalue weighted by Gasteiger charge is 2.20. The molecule has 0 spiro atoms. The Hall–Kier alpha value is -3.29. The molecule has 28 heavy (non-hydrogen) atoms. The lowest BCUT2D eigenvalue weighted by Gasteiger charge is -2.35. The molecule has 0 unspecified atom stereocenters. The van der Waals surface area contributed by atoms with Crippen LogP contribution in [-0.4, -0.2) is 46.1 Å². The molecule has 0 saturated carbocycles. The van der Waals surface area contributed by atoms with Gasteiger partial charge in [0.05, 0.1) is 0 Å². The van der Waals surface area contributed by atoms with E-state index < -0.39 is 0 Å². The molecule has 0 radical (unpaired) electrons. The van der Waals surface area contributed by atoms with Gasteiger partial charge in [0, 0.05) is 56.7 Å². The largest absolute Gasteiger partial charge is 0.366 e. The van der Waals surface area contributed by atoms with Crippen molar-refractivity contribution in [1.82, 2.24) is 19.9 Å². The normalized spacial score (nSPS) is 14.2. The summed E-state index contributed by atoms with van der Waals surface area (Å²) in [5, 5.41) is 3.21. The molecule has 1 aliphatic heterocycles. The quantitative estimate of drug-likeness (QED) is 0.731. The van der Waals surface area contributed by atoms with Gasteiger partial charge in [0.15, 0.2) is 0 Å². The van der Waals surface area contributed by atoms with Crippen molar-refractivity contribution in [1.29, 1.82) is 0 Å². The highest BCUT2D eigenvalue weighted by molar-refractivity contribution is 5.51. The third-order valence-electron chi connectivity index (χ3n) is 4.68. The first-order valence-electron chi connectivity index (χ1n) is 9.29. The summed E-state index contributed by atoms with van der Waals surface area (Å²) in [5.41, 5.74) is 0.608. The molecule has 2 aromatic heterocycles. The summed E-state index contributed by atoms with van der Waals surface area (Å²) in [5.74, 6) is 2.78. The third kappa shape index (κ3) is 4.16. The molecule has 0 amide bonds. The molecule has 7 nitrogen and oxygen atoms in total. The van der Waals surface area contributed by atoms with Crippen LogP contribution in [0.25, 0.3) is 0 Å². The van der Waals surface area contributed by atoms with Gasteiger partial charge >= 0.3 is 0 Å². The van der Waals surface area contributed by atoms with E-state index in [1.54, 1.807) is 24.5 Å². The number of benzene rings is 1. The predicted octanol–water partition coefficient (Wildman–Crippen LogP) is 2.65. The van der Waals surface area contributed by atoms with Gasteiger partial charge in [-0.3, -0.25) is 0 Å². The average molecular weight is 379 g/mol. The van der Waals surface area contributed by atoms with Gasteiger partial charge in [0.1, 0.15) is 23.3 Å². The summed E-state index contributed by atoms with van der Waals surface area (Å²) in [6.45, 7) is 5.53. The molecule has 1 saturated heterocycles. The molecule has 0 aliphatic carbocycles. The highest BCUT2D eigenvalue weighted by Crippen LogP contribution is 2.20. The van der Waals surface area contributed by atoms with Crippen molar-refractivity contribution >= 4 is 17.6 Å². The zero-order chi connectivity index (χ0) is 19.3. The maximum atomic E-state index is 13.8. The lowest BCUT2D eigenvalue weighted by molar-refractivity contribution is 0.612. The zero-order valence-electron chi connectivity index (χ0n) is 15.7. The van der Waals surface area contributed by atoms with Gasteiger partial charge in [-0.25, -0.2) is 24.3 Å². The summed E-state index contributed by atoms with van der Waals surface area (Å²) < 4.78 is 13.8. The molecule has 1 fully saturated rings. The number of nitrogens with zero attached hydrogens (tertiary/aromatic N) is 6. The maximum absolute atomic E-state index is 13.8. The van der Waals surface area contributed by atoms with E-state index in [1.807, 2.05) is 25.1 Å². The van der Waals surface area contributed by atoms with Crippen molar-refractivity contribution in [2.45, 2.75) is 13.5 Å². The number of aromatic nitrogens is 4. The van der Waals surface area contributed by atoms with Crippen LogP contribution < -0.4 is 15.1 Å². The van der Waals surface area contributed by atoms with Crippen LogP contribution in [0.4, 0.5) is 22.0 Å². The Balaban J connectivity index is 1.42. The summed E-state index contributed by atoms with van der Waals surface area (Å²) >= 11 is 0. The first kappa shape index (κ1) is 18.1. The van der Waals surface area contributed by atoms with Gasteiger partial charge in [-0.2, -0.15) is 0 Å². The molecule has 8 heteroatoms. The van der Waals surface area contributed by atoms with Crippen LogP contribution in [0.5, 0.6) is 0 Å². The second-order valence-corrected chi connectivity index (χ2v) is 6.63. The molecule has 144 valence electrons. The van der Waals surface area contributed by atoms with Crippen LogP contribution in [0.1, 0.15) is 11.4 Å². The molecule has 0 atom stereocenters. The van der Waals surface area contributed by atoms with Crippen LogP contribution in [0.3, 0.4) is 0 Å². The van der Waals surface area contributed by atoms with Gasteiger partial charge in [0.2, 0.25) is 5.95 Å². The van der Waals surface area contributed by atoms with Crippen molar-refractivity contribution < 1.29 is 4.39 Å². The molecule has 4 rings (SSSR count). The smallest absolute Gasteiger partial charge is 0.225 e. The van der Waals surface area contributed by atoms with Crippen molar-refractivity contribution in [3.63, 3.8) is 0 Å². The minimum Gasteiger partial charge on any atom is -0.366 e. The van der Waals surface area contributed by atoms with Crippen molar-refractivity contribution in [2.75, 3.05) is 41.3 Å². The molecule has 1 aromatic carbocycles. The number of hydrogen-bond acceptors (Lipinski definition) is 7. The van der Waals surface area contributed by atoms with Crippen molar-refractivity contribution in [2.24, 2.45) is 0 Å². The van der Waals surface area contributed by atoms with Crippen LogP contribution in [0.15, 0.2) is 48.8 Å². The maximum Gasteiger partial charge on any atom is 0.225 e. The van der Waals surface area contributed by atoms with E-state index in [0.717, 1.165) is 37.9 Å². The van der Waals surface area contributed by atoms with Gasteiger partial charge in [-0.05, 0) is 19.1 Å². The van der Waals surface area contributed by atoms with Gasteiger partial charge in [0.25, 0.3) is 0 Å². The van der Waals surface area contributed by atoms with Crippen LogP contribution >= 0.6 is 0 Å². The predicted molar refractivity (Wildman–Crippen MR) is 107 cm³/mol. The van der Waals surface area contributed by atoms with E-state index >= 15 is 0 Å². The molecule has 3 heterocycles. The average Bonchev–Trinajstić information content (AvgIpc) is 2.74. The van der Waals surface area contributed by atoms with E-state index in [2.05, 4.69) is 35.1 Å². The molecular formula is C20H22FN7. The van der Waals surface area contributed by atoms with E-state index in [0.29, 0.717) is 23.8 Å². The first-order valence-corrected chi connectivity index (χ1v) is 9.29. The second kappa shape index (κ2) is 8.16. The van der Waals surface area contributed by atoms with E-state index in [1.165, 1.54) is 6.07 Å². The Kier molecular flexibility index (Phi) is 5.27. The lowest BCUT2D eigenvalue weighted by Crippen LogP contribution is -2.47. The Bertz CT molecular complexity index is 927. The fraction of sp³-hybridized carbons (Fsp3) is 0.300. The zero-order valence-corrected chi connectivity index (χ0v) is 15.7. The molecule has 1 aliphatic rings. The van der Waals surface area contributed by atoms with Crippen LogP contribution in [-0.2, 0) is 6.54 Å². The van der Waals surface area contributed by atoms with Gasteiger partial charge in [-0.1, -0.05) is 18.2 Å². The van der Waals surface area contributed by atoms with Crippen molar-refractivity contribution in [3.05, 3.63) is 66.0 Å². The minimum atomic E-state index is -0.222. The van der Waals surface area contributed by atoms with Crippen molar-refractivity contribution in [3.8, 4) is 0 Å². The van der Waals surface area contributed by atoms with Crippen LogP contribution in [0, 0.1) is 12.7 Å². The number of aryl methyl sites for hydroxylation is 1. The Morgan fingerprint density at radius 1 is 0.964 bits per heavy atom. The topological polar surface area (TPSA) is 70.1 Å². The minimum absolute atomic E-state index is 0.222. The summed E-state index contributed by atoms with van der Waals surface area (Å²) in [4.78, 5) is 22.0. The Morgan fingerprint density at radius 3 is 2.43 bits per heavy atom. The molecule has 0 bridgehead atoms. The number of piperazine rings is 1. The summed E-state index contributed by atoms with van der Waals surface area (Å²) in [6, 6.07) is 10.5. The number of halogens is 1. The number of hydrogen-bond donors (Lipinski definition) is 1. The summed E-state index contributed by atoms with van der Waals surface area (Å²) in [6.07, 6.45) is 3.52. The van der Waals surface area contributed by atoms with Crippen LogP contribution in [0.2, 0.25) is 0 Å². The summed E-state index contributed by atoms with van der Waals surface area (Å²) in [7, 11) is 0. The fourth-order valence-electron chi connectivity index (χ4n) is 3.22. The number of rotatable bonds is 5. The SMILES string of the molecule is Cc1nc(NCc2ccccc2F)cc(N2CCN(c3ncccn3)CC2)n1. The van der Waals surface area contributed by atoms with E-state index in [4.69, 9.17) is 0 Å². The first-order chi connectivity index (χ1) is 13.7. The lowest BCUT2D eigenvalue weighted by atomic mass is 10.2. The standard InChI is InChI=1S/C20H22FN7/c1-15-25-18(24-14-16-5-2-3-6-17(16)21)13-19(26-15)27-9-11-28(12-10-27)20-22-7-4-8-23-20/h2-8,13H,9-12,14H2,1H3,(H,24,25,26). The molecular weight excluding hydrogens is 357 g/mol. The highest BCUT2D eigenvalue weighted by atomic mass is 19.1. The second-order valence-electron chi connectivity index (χ2n) is 6.63. The van der Waals surface area contributed by atoms with Gasteiger partial charge < -0.3 is 15.1 Å². The number of anilines is 3. The van der Waals surface area contributed by atoms with E-state index in [9.17, 15) is 4.39 Å². The van der Waals surface area contributed by atoms with Gasteiger partial charge in [-0.15, -0.1) is 0 Å². The Labute approximate surface area is 163 Å². The molecule has 1 N–H and O–H groups in total.